The van der Waals surface area contributed by atoms with Gasteiger partial charge in [0.2, 0.25) is 11.1 Å². The molecule has 0 bridgehead atoms. The number of halogens is 1. The number of esters is 1. The first-order chi connectivity index (χ1) is 14.6. The summed E-state index contributed by atoms with van der Waals surface area (Å²) < 4.78 is 13.3. The molecule has 1 atom stereocenters. The molecule has 4 rings (SSSR count). The average molecular weight is 487 g/mol. The molecule has 3 heterocycles. The van der Waals surface area contributed by atoms with Crippen LogP contribution in [-0.4, -0.2) is 27.3 Å². The summed E-state index contributed by atoms with van der Waals surface area (Å²) in [6, 6.07) is 13.1. The third-order valence-corrected chi connectivity index (χ3v) is 5.79. The summed E-state index contributed by atoms with van der Waals surface area (Å²) in [6.45, 7) is 5.53. The second-order valence-electron chi connectivity index (χ2n) is 6.53. The Labute approximate surface area is 186 Å². The molecule has 9 heteroatoms. The number of nitrogens with one attached hydrogen (secondary N) is 1. The van der Waals surface area contributed by atoms with E-state index in [0.29, 0.717) is 32.8 Å². The number of benzene rings is 1. The summed E-state index contributed by atoms with van der Waals surface area (Å²) in [5, 5.41) is 8.42. The van der Waals surface area contributed by atoms with E-state index < -0.39 is 12.0 Å². The van der Waals surface area contributed by atoms with Crippen molar-refractivity contribution in [2.75, 3.05) is 11.9 Å². The zero-order chi connectivity index (χ0) is 21.1. The molecule has 0 aliphatic carbocycles. The lowest BCUT2D eigenvalue weighted by Crippen LogP contribution is -2.29. The van der Waals surface area contributed by atoms with Gasteiger partial charge in [-0.25, -0.2) is 9.48 Å². The monoisotopic (exact) mass is 486 g/mol. The maximum Gasteiger partial charge on any atom is 0.338 e. The van der Waals surface area contributed by atoms with Crippen LogP contribution < -0.4 is 5.32 Å². The normalized spacial score (nSPS) is 15.5. The lowest BCUT2D eigenvalue weighted by Gasteiger charge is -2.26. The second-order valence-corrected chi connectivity index (χ2v) is 8.26. The van der Waals surface area contributed by atoms with E-state index >= 15 is 0 Å². The highest BCUT2D eigenvalue weighted by Gasteiger charge is 2.37. The molecule has 3 aromatic rings. The van der Waals surface area contributed by atoms with Crippen molar-refractivity contribution >= 4 is 39.6 Å². The minimum absolute atomic E-state index is 0.118. The minimum atomic E-state index is -0.594. The fraction of sp³-hybridized carbons (Fsp3) is 0.190. The van der Waals surface area contributed by atoms with E-state index in [1.54, 1.807) is 16.8 Å². The number of anilines is 1. The third-order valence-electron chi connectivity index (χ3n) is 4.46. The van der Waals surface area contributed by atoms with Crippen molar-refractivity contribution in [1.29, 1.82) is 0 Å². The van der Waals surface area contributed by atoms with Gasteiger partial charge in [0.1, 0.15) is 18.4 Å². The maximum absolute atomic E-state index is 12.8. The van der Waals surface area contributed by atoms with Gasteiger partial charge in [-0.1, -0.05) is 54.7 Å². The minimum Gasteiger partial charge on any atom is -0.458 e. The molecule has 0 fully saturated rings. The second kappa shape index (κ2) is 8.93. The molecule has 30 heavy (non-hydrogen) atoms. The van der Waals surface area contributed by atoms with E-state index in [2.05, 4.69) is 50.0 Å². The zero-order valence-corrected chi connectivity index (χ0v) is 18.6. The van der Waals surface area contributed by atoms with Crippen molar-refractivity contribution in [3.63, 3.8) is 0 Å². The number of allylic oxidation sites excluding steroid dienone is 1. The molecule has 0 radical (unpaired) electrons. The molecule has 0 saturated carbocycles. The molecule has 2 aromatic heterocycles. The molecular weight excluding hydrogens is 468 g/mol. The SMILES string of the molecule is C=CCOC(=O)C1=C(C)Nc2nc(SCc3ccccc3)nn2C1c1ccc(Br)o1. The summed E-state index contributed by atoms with van der Waals surface area (Å²) in [4.78, 5) is 17.4. The van der Waals surface area contributed by atoms with E-state index in [1.165, 1.54) is 23.4 Å². The summed E-state index contributed by atoms with van der Waals surface area (Å²) >= 11 is 4.85. The number of nitrogens with zero attached hydrogens (tertiary/aromatic N) is 3. The Hall–Kier alpha value is -2.78. The van der Waals surface area contributed by atoms with Crippen molar-refractivity contribution in [2.24, 2.45) is 0 Å². The van der Waals surface area contributed by atoms with Crippen molar-refractivity contribution in [1.82, 2.24) is 14.8 Å². The highest BCUT2D eigenvalue weighted by Crippen LogP contribution is 2.38. The van der Waals surface area contributed by atoms with Crippen LogP contribution >= 0.6 is 27.7 Å². The van der Waals surface area contributed by atoms with Crippen LogP contribution in [0.15, 0.2) is 80.6 Å². The number of ether oxygens (including phenoxy) is 1. The van der Waals surface area contributed by atoms with Gasteiger partial charge < -0.3 is 14.5 Å². The molecular formula is C21H19BrN4O3S. The predicted molar refractivity (Wildman–Crippen MR) is 118 cm³/mol. The Bertz CT molecular complexity index is 1110. The lowest BCUT2D eigenvalue weighted by molar-refractivity contribution is -0.138. The van der Waals surface area contributed by atoms with Gasteiger partial charge in [0.25, 0.3) is 0 Å². The summed E-state index contributed by atoms with van der Waals surface area (Å²) in [5.74, 6) is 1.37. The summed E-state index contributed by atoms with van der Waals surface area (Å²) in [7, 11) is 0. The van der Waals surface area contributed by atoms with Gasteiger partial charge in [-0.2, -0.15) is 4.98 Å². The summed E-state index contributed by atoms with van der Waals surface area (Å²) in [6.07, 6.45) is 1.53. The van der Waals surface area contributed by atoms with Gasteiger partial charge in [0.15, 0.2) is 4.67 Å². The number of carbonyl (C=O) groups excluding carboxylic acids is 1. The number of carbonyl (C=O) groups is 1. The highest BCUT2D eigenvalue weighted by atomic mass is 79.9. The Morgan fingerprint density at radius 1 is 1.37 bits per heavy atom. The summed E-state index contributed by atoms with van der Waals surface area (Å²) in [5.41, 5.74) is 2.23. The molecule has 1 aliphatic heterocycles. The van der Waals surface area contributed by atoms with Crippen LogP contribution in [-0.2, 0) is 15.3 Å². The molecule has 7 nitrogen and oxygen atoms in total. The molecule has 1 aromatic carbocycles. The largest absolute Gasteiger partial charge is 0.458 e. The maximum atomic E-state index is 12.8. The van der Waals surface area contributed by atoms with Crippen LogP contribution in [0.5, 0.6) is 0 Å². The topological polar surface area (TPSA) is 82.2 Å². The molecule has 0 spiro atoms. The Balaban J connectivity index is 1.67. The van der Waals surface area contributed by atoms with Gasteiger partial charge in [0, 0.05) is 11.4 Å². The van der Waals surface area contributed by atoms with E-state index in [0.717, 1.165) is 5.75 Å². The smallest absolute Gasteiger partial charge is 0.338 e. The first-order valence-corrected chi connectivity index (χ1v) is 11.0. The Morgan fingerprint density at radius 3 is 2.87 bits per heavy atom. The van der Waals surface area contributed by atoms with Gasteiger partial charge >= 0.3 is 5.97 Å². The number of rotatable bonds is 7. The van der Waals surface area contributed by atoms with Gasteiger partial charge in [0.05, 0.1) is 5.57 Å². The number of thioether (sulfide) groups is 1. The molecule has 0 saturated heterocycles. The van der Waals surface area contributed by atoms with Crippen LogP contribution in [0.2, 0.25) is 0 Å². The van der Waals surface area contributed by atoms with E-state index in [1.807, 2.05) is 25.1 Å². The van der Waals surface area contributed by atoms with Crippen LogP contribution in [0, 0.1) is 0 Å². The number of aromatic nitrogens is 3. The third kappa shape index (κ3) is 4.22. The molecule has 154 valence electrons. The van der Waals surface area contributed by atoms with Gasteiger partial charge in [-0.15, -0.1) is 5.10 Å². The van der Waals surface area contributed by atoms with Crippen molar-refractivity contribution < 1.29 is 13.9 Å². The zero-order valence-electron chi connectivity index (χ0n) is 16.2. The van der Waals surface area contributed by atoms with Gasteiger partial charge in [-0.3, -0.25) is 0 Å². The predicted octanol–water partition coefficient (Wildman–Crippen LogP) is 4.94. The van der Waals surface area contributed by atoms with Gasteiger partial charge in [-0.05, 0) is 40.5 Å². The van der Waals surface area contributed by atoms with Crippen LogP contribution in [0.4, 0.5) is 5.95 Å². The molecule has 1 unspecified atom stereocenters. The van der Waals surface area contributed by atoms with Crippen molar-refractivity contribution in [3.8, 4) is 0 Å². The molecule has 0 amide bonds. The fourth-order valence-electron chi connectivity index (χ4n) is 3.13. The number of furan rings is 1. The average Bonchev–Trinajstić information content (AvgIpc) is 3.35. The van der Waals surface area contributed by atoms with Crippen molar-refractivity contribution in [2.45, 2.75) is 23.9 Å². The number of hydrogen-bond donors (Lipinski definition) is 1. The van der Waals surface area contributed by atoms with Crippen LogP contribution in [0.1, 0.15) is 24.3 Å². The van der Waals surface area contributed by atoms with E-state index in [-0.39, 0.29) is 6.61 Å². The van der Waals surface area contributed by atoms with Crippen LogP contribution in [0.25, 0.3) is 0 Å². The number of fused-ring (bicyclic) bond motifs is 1. The standard InChI is InChI=1S/C21H19BrN4O3S/c1-3-11-28-19(27)17-13(2)23-20-24-21(30-12-14-7-5-4-6-8-14)25-26(20)18(17)15-9-10-16(22)29-15/h3-10,18H,1,11-12H2,2H3,(H,23,24,25). The van der Waals surface area contributed by atoms with Crippen molar-refractivity contribution in [3.05, 3.63) is 82.4 Å². The Kier molecular flexibility index (Phi) is 6.10. The van der Waals surface area contributed by atoms with E-state index in [4.69, 9.17) is 9.15 Å². The van der Waals surface area contributed by atoms with Crippen LogP contribution in [0.3, 0.4) is 0 Å². The first kappa shape index (κ1) is 20.5. The van der Waals surface area contributed by atoms with E-state index in [9.17, 15) is 4.79 Å². The first-order valence-electron chi connectivity index (χ1n) is 9.21. The fourth-order valence-corrected chi connectivity index (χ4v) is 4.23. The molecule has 1 aliphatic rings. The number of hydrogen-bond acceptors (Lipinski definition) is 7. The quantitative estimate of drug-likeness (QED) is 0.287. The highest BCUT2D eigenvalue weighted by molar-refractivity contribution is 9.10. The molecule has 1 N–H and O–H groups in total. The lowest BCUT2D eigenvalue weighted by atomic mass is 10.0. The Morgan fingerprint density at radius 2 is 2.17 bits per heavy atom.